The van der Waals surface area contributed by atoms with Crippen LogP contribution in [0.2, 0.25) is 0 Å². The maximum absolute atomic E-state index is 13.7. The highest BCUT2D eigenvalue weighted by Crippen LogP contribution is 2.41. The van der Waals surface area contributed by atoms with Crippen molar-refractivity contribution in [2.45, 2.75) is 18.7 Å². The van der Waals surface area contributed by atoms with E-state index in [1.54, 1.807) is 61.7 Å². The number of phenols is 2. The molecule has 1 aromatic heterocycles. The number of methoxy groups -OCH3 is 1. The van der Waals surface area contributed by atoms with Crippen molar-refractivity contribution in [3.63, 3.8) is 0 Å². The van der Waals surface area contributed by atoms with Crippen LogP contribution in [0.3, 0.4) is 0 Å². The molecule has 42 heavy (non-hydrogen) atoms. The van der Waals surface area contributed by atoms with Crippen LogP contribution in [0.5, 0.6) is 17.2 Å². The molecule has 0 bridgehead atoms. The Morgan fingerprint density at radius 3 is 2.19 bits per heavy atom. The van der Waals surface area contributed by atoms with E-state index in [4.69, 9.17) is 19.4 Å². The number of likely N-dealkylation sites (tertiary alicyclic amines) is 1. The number of aromatic hydroxyl groups is 2. The van der Waals surface area contributed by atoms with E-state index >= 15 is 0 Å². The summed E-state index contributed by atoms with van der Waals surface area (Å²) in [6.07, 6.45) is -3.91. The molecule has 0 spiro atoms. The second-order valence-corrected chi connectivity index (χ2v) is 10.6. The third kappa shape index (κ3) is 7.58. The first-order chi connectivity index (χ1) is 20.0. The molecule has 0 saturated carbocycles. The third-order valence-electron chi connectivity index (χ3n) is 6.44. The number of alkyl halides is 3. The van der Waals surface area contributed by atoms with Crippen LogP contribution in [0, 0.1) is 0 Å². The fourth-order valence-electron chi connectivity index (χ4n) is 4.36. The van der Waals surface area contributed by atoms with Crippen LogP contribution in [-0.2, 0) is 9.53 Å². The number of aliphatic carboxylic acids is 1. The van der Waals surface area contributed by atoms with Crippen molar-refractivity contribution in [3.05, 3.63) is 77.9 Å². The molecule has 0 unspecified atom stereocenters. The number of rotatable bonds is 9. The number of ketones is 1. The van der Waals surface area contributed by atoms with Crippen molar-refractivity contribution in [3.8, 4) is 27.7 Å². The quantitative estimate of drug-likeness (QED) is 0.159. The van der Waals surface area contributed by atoms with E-state index in [-0.39, 0.29) is 23.4 Å². The lowest BCUT2D eigenvalue weighted by Crippen LogP contribution is -2.53. The molecule has 0 amide bonds. The van der Waals surface area contributed by atoms with Gasteiger partial charge in [0.2, 0.25) is 0 Å². The Hall–Kier alpha value is -4.13. The Morgan fingerprint density at radius 2 is 1.60 bits per heavy atom. The molecule has 222 valence electrons. The number of hydrogen-bond acceptors (Lipinski definition) is 8. The maximum atomic E-state index is 13.7. The van der Waals surface area contributed by atoms with Gasteiger partial charge in [-0.25, -0.2) is 4.79 Å². The molecular formula is C30H28F3NO7S. The summed E-state index contributed by atoms with van der Waals surface area (Å²) >= 11 is 1.45. The monoisotopic (exact) mass is 603 g/mol. The summed E-state index contributed by atoms with van der Waals surface area (Å²) in [7, 11) is 1.72. The van der Waals surface area contributed by atoms with Gasteiger partial charge >= 0.3 is 12.1 Å². The molecule has 0 radical (unpaired) electrons. The molecule has 1 aliphatic rings. The molecule has 0 atom stereocenters. The van der Waals surface area contributed by atoms with Crippen molar-refractivity contribution in [2.75, 3.05) is 33.4 Å². The standard InChI is InChI=1S/C28H27NO5S.C2HF3O2/c1-33-14-2-13-29-16-23(17-29)34-22-10-5-18(6-11-22)27(32)26-24-12-9-21(31)15-25(24)35-28(26)19-3-7-20(30)8-4-19;3-2(4,5)1(6)7/h3-12,15,23,30-31H,2,13-14,16-17H2,1H3;(H,6,7). The second kappa shape index (κ2) is 13.2. The molecule has 2 heterocycles. The summed E-state index contributed by atoms with van der Waals surface area (Å²) < 4.78 is 43.7. The van der Waals surface area contributed by atoms with E-state index in [0.29, 0.717) is 11.1 Å². The van der Waals surface area contributed by atoms with Gasteiger partial charge in [0, 0.05) is 59.4 Å². The number of hydrogen-bond donors (Lipinski definition) is 3. The first-order valence-corrected chi connectivity index (χ1v) is 13.7. The van der Waals surface area contributed by atoms with Crippen molar-refractivity contribution in [1.29, 1.82) is 0 Å². The lowest BCUT2D eigenvalue weighted by Gasteiger charge is -2.39. The van der Waals surface area contributed by atoms with Gasteiger partial charge in [-0.1, -0.05) is 0 Å². The first kappa shape index (κ1) is 30.8. The van der Waals surface area contributed by atoms with Gasteiger partial charge in [0.1, 0.15) is 23.4 Å². The topological polar surface area (TPSA) is 117 Å². The lowest BCUT2D eigenvalue weighted by molar-refractivity contribution is -0.192. The van der Waals surface area contributed by atoms with Gasteiger partial charge in [0.05, 0.1) is 0 Å². The highest BCUT2D eigenvalue weighted by molar-refractivity contribution is 7.22. The SMILES string of the molecule is COCCCN1CC(Oc2ccc(C(=O)c3c(-c4ccc(O)cc4)sc4cc(O)ccc34)cc2)C1.O=C(O)C(F)(F)F. The normalized spacial score (nSPS) is 13.7. The van der Waals surface area contributed by atoms with Crippen molar-refractivity contribution in [1.82, 2.24) is 4.90 Å². The van der Waals surface area contributed by atoms with E-state index in [0.717, 1.165) is 58.9 Å². The fraction of sp³-hybridized carbons (Fsp3) is 0.267. The van der Waals surface area contributed by atoms with Crippen LogP contribution in [0.4, 0.5) is 13.2 Å². The fourth-order valence-corrected chi connectivity index (χ4v) is 5.60. The minimum atomic E-state index is -5.08. The number of carbonyl (C=O) groups is 2. The number of ether oxygens (including phenoxy) is 2. The van der Waals surface area contributed by atoms with E-state index in [1.165, 1.54) is 11.3 Å². The maximum Gasteiger partial charge on any atom is 0.490 e. The first-order valence-electron chi connectivity index (χ1n) is 12.8. The summed E-state index contributed by atoms with van der Waals surface area (Å²) in [5, 5.41) is 27.6. The number of nitrogens with zero attached hydrogens (tertiary/aromatic N) is 1. The highest BCUT2D eigenvalue weighted by Gasteiger charge is 2.38. The number of fused-ring (bicyclic) bond motifs is 1. The summed E-state index contributed by atoms with van der Waals surface area (Å²) in [4.78, 5) is 25.7. The Morgan fingerprint density at radius 1 is 0.976 bits per heavy atom. The van der Waals surface area contributed by atoms with E-state index in [1.807, 2.05) is 12.1 Å². The van der Waals surface area contributed by atoms with Crippen LogP contribution in [0.25, 0.3) is 20.5 Å². The number of carboxylic acids is 1. The zero-order valence-corrected chi connectivity index (χ0v) is 23.2. The predicted octanol–water partition coefficient (Wildman–Crippen LogP) is 5.94. The molecular weight excluding hydrogens is 575 g/mol. The number of benzene rings is 3. The van der Waals surface area contributed by atoms with E-state index in [2.05, 4.69) is 4.90 Å². The minimum absolute atomic E-state index is 0.0930. The second-order valence-electron chi connectivity index (χ2n) is 9.54. The Bertz CT molecular complexity index is 1530. The van der Waals surface area contributed by atoms with Crippen molar-refractivity contribution in [2.24, 2.45) is 0 Å². The average molecular weight is 604 g/mol. The molecule has 3 N–H and O–H groups in total. The smallest absolute Gasteiger partial charge is 0.490 e. The van der Waals surface area contributed by atoms with Crippen molar-refractivity contribution < 1.29 is 47.6 Å². The summed E-state index contributed by atoms with van der Waals surface area (Å²) in [6.45, 7) is 3.58. The van der Waals surface area contributed by atoms with Crippen LogP contribution in [0.1, 0.15) is 22.3 Å². The Labute approximate surface area is 243 Å². The molecule has 0 aliphatic carbocycles. The molecule has 1 aliphatic heterocycles. The Kier molecular flexibility index (Phi) is 9.71. The predicted molar refractivity (Wildman–Crippen MR) is 152 cm³/mol. The zero-order chi connectivity index (χ0) is 30.4. The molecule has 1 fully saturated rings. The minimum Gasteiger partial charge on any atom is -0.508 e. The van der Waals surface area contributed by atoms with Crippen LogP contribution in [0.15, 0.2) is 66.7 Å². The number of carbonyl (C=O) groups excluding carboxylic acids is 1. The molecule has 4 aromatic rings. The third-order valence-corrected chi connectivity index (χ3v) is 7.64. The largest absolute Gasteiger partial charge is 0.508 e. The van der Waals surface area contributed by atoms with Gasteiger partial charge in [-0.3, -0.25) is 9.69 Å². The van der Waals surface area contributed by atoms with Crippen LogP contribution in [-0.4, -0.2) is 77.6 Å². The zero-order valence-electron chi connectivity index (χ0n) is 22.4. The number of halogens is 3. The average Bonchev–Trinajstić information content (AvgIpc) is 3.30. The van der Waals surface area contributed by atoms with Gasteiger partial charge in [-0.05, 0) is 78.7 Å². The summed E-state index contributed by atoms with van der Waals surface area (Å²) in [6, 6.07) is 19.2. The van der Waals surface area contributed by atoms with Gasteiger partial charge in [0.15, 0.2) is 5.78 Å². The van der Waals surface area contributed by atoms with E-state index in [9.17, 15) is 28.2 Å². The molecule has 1 saturated heterocycles. The van der Waals surface area contributed by atoms with Gasteiger partial charge in [-0.2, -0.15) is 13.2 Å². The van der Waals surface area contributed by atoms with Gasteiger partial charge in [-0.15, -0.1) is 11.3 Å². The van der Waals surface area contributed by atoms with Crippen LogP contribution < -0.4 is 4.74 Å². The number of phenolic OH excluding ortho intramolecular Hbond substituents is 2. The van der Waals surface area contributed by atoms with Crippen LogP contribution >= 0.6 is 11.3 Å². The molecule has 12 heteroatoms. The highest BCUT2D eigenvalue weighted by atomic mass is 32.1. The number of carboxylic acid groups (broad SMARTS) is 1. The molecule has 3 aromatic carbocycles. The summed E-state index contributed by atoms with van der Waals surface area (Å²) in [5.41, 5.74) is 2.00. The number of thiophene rings is 1. The van der Waals surface area contributed by atoms with E-state index < -0.39 is 12.1 Å². The molecule has 8 nitrogen and oxygen atoms in total. The molecule has 5 rings (SSSR count). The lowest BCUT2D eigenvalue weighted by atomic mass is 9.97. The Balaban J connectivity index is 0.000000517. The summed E-state index contributed by atoms with van der Waals surface area (Å²) in [5.74, 6) is -1.77. The van der Waals surface area contributed by atoms with Crippen molar-refractivity contribution >= 4 is 33.2 Å². The van der Waals surface area contributed by atoms with Gasteiger partial charge in [0.25, 0.3) is 0 Å². The van der Waals surface area contributed by atoms with Gasteiger partial charge < -0.3 is 24.8 Å².